The van der Waals surface area contributed by atoms with Crippen molar-refractivity contribution in [2.24, 2.45) is 0 Å². The van der Waals surface area contributed by atoms with Crippen LogP contribution in [0.1, 0.15) is 49.0 Å². The van der Waals surface area contributed by atoms with Gasteiger partial charge in [-0.05, 0) is 31.9 Å². The Labute approximate surface area is 137 Å². The Kier molecular flexibility index (Phi) is 5.78. The van der Waals surface area contributed by atoms with Crippen molar-refractivity contribution in [3.8, 4) is 0 Å². The van der Waals surface area contributed by atoms with E-state index in [9.17, 15) is 0 Å². The number of benzene rings is 1. The highest BCUT2D eigenvalue weighted by molar-refractivity contribution is 6.05. The van der Waals surface area contributed by atoms with Crippen LogP contribution in [-0.4, -0.2) is 11.6 Å². The van der Waals surface area contributed by atoms with Gasteiger partial charge in [0.25, 0.3) is 0 Å². The van der Waals surface area contributed by atoms with Crippen molar-refractivity contribution in [3.63, 3.8) is 0 Å². The van der Waals surface area contributed by atoms with E-state index in [2.05, 4.69) is 12.1 Å². The Morgan fingerprint density at radius 2 is 1.57 bits per heavy atom. The smallest absolute Gasteiger partial charge is 0.413 e. The lowest BCUT2D eigenvalue weighted by Crippen LogP contribution is -2.68. The van der Waals surface area contributed by atoms with Crippen LogP contribution < -0.4 is 18.6 Å². The zero-order valence-corrected chi connectivity index (χ0v) is 13.6. The highest BCUT2D eigenvalue weighted by Crippen LogP contribution is 2.36. The van der Waals surface area contributed by atoms with Gasteiger partial charge in [0.1, 0.15) is 5.76 Å². The third-order valence-electron chi connectivity index (χ3n) is 3.65. The van der Waals surface area contributed by atoms with E-state index in [-0.39, 0.29) is 0 Å². The van der Waals surface area contributed by atoms with E-state index < -0.39 is 16.0 Å². The molecule has 6 nitrogen and oxygen atoms in total. The van der Waals surface area contributed by atoms with Gasteiger partial charge in [0, 0.05) is 0 Å². The molecule has 1 saturated carbocycles. The summed E-state index contributed by atoms with van der Waals surface area (Å²) < 4.78 is 46.1. The Morgan fingerprint density at radius 1 is 1.00 bits per heavy atom. The number of hydrogen-bond acceptors (Lipinski definition) is 5. The van der Waals surface area contributed by atoms with Crippen molar-refractivity contribution >= 4 is 5.78 Å². The molecule has 1 heterocycles. The molecule has 0 amide bonds. The molecular weight excluding hydrogens is 324 g/mol. The van der Waals surface area contributed by atoms with E-state index in [0.717, 1.165) is 29.9 Å². The van der Waals surface area contributed by atoms with Crippen LogP contribution in [0.2, 0.25) is 0 Å². The van der Waals surface area contributed by atoms with Gasteiger partial charge in [-0.25, -0.2) is 23.1 Å². The molecule has 0 atom stereocenters. The predicted molar refractivity (Wildman–Crippen MR) is 71.4 cm³/mol. The molecule has 1 aliphatic carbocycles. The molecule has 1 spiro atoms. The third kappa shape index (κ3) is 5.93. The Bertz CT molecular complexity index is 564. The Hall–Kier alpha value is -1.44. The van der Waals surface area contributed by atoms with E-state index in [1.807, 2.05) is 31.2 Å². The maximum atomic E-state index is 8.49. The molecule has 3 rings (SSSR count). The first-order valence-corrected chi connectivity index (χ1v) is 8.61. The first kappa shape index (κ1) is 17.9. The van der Waals surface area contributed by atoms with Crippen LogP contribution in [0.3, 0.4) is 0 Å². The SMILES string of the molecule is CC1=CC(c2ccccc2)=[O+]C2(CCCCC2)O1.[O-][Cl+3]([O-])([O-])[O-]. The fraction of sp³-hybridized carbons (Fsp3) is 0.438. The summed E-state index contributed by atoms with van der Waals surface area (Å²) in [7, 11) is -4.94. The van der Waals surface area contributed by atoms with Crippen LogP contribution in [0, 0.1) is 10.2 Å². The number of hydrogen-bond donors (Lipinski definition) is 0. The number of halogens is 1. The first-order valence-electron chi connectivity index (χ1n) is 7.38. The molecule has 0 radical (unpaired) electrons. The minimum absolute atomic E-state index is 0.401. The summed E-state index contributed by atoms with van der Waals surface area (Å²) in [5.41, 5.74) is 1.13. The molecule has 1 aliphatic heterocycles. The minimum atomic E-state index is -4.94. The molecule has 0 N–H and O–H groups in total. The van der Waals surface area contributed by atoms with E-state index in [0.29, 0.717) is 0 Å². The van der Waals surface area contributed by atoms with Gasteiger partial charge in [-0.1, -0.05) is 24.6 Å². The van der Waals surface area contributed by atoms with Crippen molar-refractivity contribution in [1.82, 2.24) is 0 Å². The summed E-state index contributed by atoms with van der Waals surface area (Å²) in [6.07, 6.45) is 7.65. The highest BCUT2D eigenvalue weighted by atomic mass is 35.7. The lowest BCUT2D eigenvalue weighted by molar-refractivity contribution is -2.00. The zero-order valence-electron chi connectivity index (χ0n) is 12.8. The summed E-state index contributed by atoms with van der Waals surface area (Å²) in [6.45, 7) is 2.02. The van der Waals surface area contributed by atoms with Gasteiger partial charge in [0.05, 0.1) is 24.5 Å². The first-order chi connectivity index (χ1) is 10.8. The van der Waals surface area contributed by atoms with Gasteiger partial charge in [-0.15, -0.1) is 10.2 Å². The summed E-state index contributed by atoms with van der Waals surface area (Å²) >= 11 is 0. The number of allylic oxidation sites excluding steroid dienone is 2. The molecule has 1 aromatic rings. The van der Waals surface area contributed by atoms with Crippen molar-refractivity contribution in [3.05, 3.63) is 47.7 Å². The Balaban J connectivity index is 0.000000338. The van der Waals surface area contributed by atoms with Crippen molar-refractivity contribution in [1.29, 1.82) is 0 Å². The van der Waals surface area contributed by atoms with Gasteiger partial charge >= 0.3 is 11.6 Å². The lowest BCUT2D eigenvalue weighted by Gasteiger charge is -2.27. The van der Waals surface area contributed by atoms with Gasteiger partial charge in [-0.3, -0.25) is 0 Å². The largest absolute Gasteiger partial charge is 0.429 e. The fourth-order valence-electron chi connectivity index (χ4n) is 2.80. The molecule has 7 heteroatoms. The highest BCUT2D eigenvalue weighted by Gasteiger charge is 2.48. The fourth-order valence-corrected chi connectivity index (χ4v) is 2.80. The quantitative estimate of drug-likeness (QED) is 0.623. The zero-order chi connectivity index (χ0) is 16.9. The molecule has 0 unspecified atom stereocenters. The monoisotopic (exact) mass is 342 g/mol. The van der Waals surface area contributed by atoms with E-state index in [1.54, 1.807) is 0 Å². The maximum Gasteiger partial charge on any atom is 0.429 e. The molecule has 0 bridgehead atoms. The van der Waals surface area contributed by atoms with Crippen molar-refractivity contribution < 1.29 is 38.0 Å². The number of rotatable bonds is 1. The van der Waals surface area contributed by atoms with E-state index >= 15 is 0 Å². The standard InChI is InChI=1S/C16H19O2.ClHO4/c1-13-12-15(14-8-4-2-5-9-14)18-16(17-13)10-6-3-7-11-16;2-1(3,4)5/h2,4-5,8-9,12H,3,6-7,10-11H2,1H3;(H,2,3,4,5)/q+1;/p-1. The van der Waals surface area contributed by atoms with Crippen LogP contribution in [0.25, 0.3) is 0 Å². The van der Waals surface area contributed by atoms with Gasteiger partial charge in [0.2, 0.25) is 0 Å². The Morgan fingerprint density at radius 3 is 2.13 bits per heavy atom. The summed E-state index contributed by atoms with van der Waals surface area (Å²) in [5, 5.41) is 0. The number of ketones is 1. The van der Waals surface area contributed by atoms with Gasteiger partial charge in [-0.2, -0.15) is 0 Å². The second-order valence-electron chi connectivity index (χ2n) is 5.54. The molecule has 0 aromatic heterocycles. The number of carbonyl (C=O) groups excluding carboxylic acids is 1. The van der Waals surface area contributed by atoms with Crippen molar-refractivity contribution in [2.45, 2.75) is 44.8 Å². The summed E-state index contributed by atoms with van der Waals surface area (Å²) in [5.74, 6) is 1.51. The molecule has 2 aliphatic rings. The second-order valence-corrected chi connectivity index (χ2v) is 6.29. The molecule has 23 heavy (non-hydrogen) atoms. The molecule has 126 valence electrons. The van der Waals surface area contributed by atoms with E-state index in [1.165, 1.54) is 19.3 Å². The minimum Gasteiger partial charge on any atom is -0.413 e. The van der Waals surface area contributed by atoms with E-state index in [4.69, 9.17) is 27.8 Å². The lowest BCUT2D eigenvalue weighted by atomic mass is 9.93. The average Bonchev–Trinajstić information content (AvgIpc) is 2.46. The predicted octanol–water partition coefficient (Wildman–Crippen LogP) is -0.757. The van der Waals surface area contributed by atoms with Gasteiger partial charge in [0.15, 0.2) is 0 Å². The molecular formula is C16H19ClO6. The topological polar surface area (TPSA) is 113 Å². The summed E-state index contributed by atoms with van der Waals surface area (Å²) in [4.78, 5) is 0. The van der Waals surface area contributed by atoms with Crippen LogP contribution in [0.4, 0.5) is 0 Å². The molecule has 1 fully saturated rings. The average molecular weight is 343 g/mol. The molecule has 0 saturated heterocycles. The normalized spacial score (nSPS) is 19.9. The van der Waals surface area contributed by atoms with Crippen LogP contribution in [0.15, 0.2) is 42.2 Å². The molecule has 1 aromatic carbocycles. The van der Waals surface area contributed by atoms with Gasteiger partial charge < -0.3 is 4.74 Å². The van der Waals surface area contributed by atoms with Crippen LogP contribution in [0.5, 0.6) is 0 Å². The second kappa shape index (κ2) is 7.42. The maximum absolute atomic E-state index is 8.49. The summed E-state index contributed by atoms with van der Waals surface area (Å²) in [6, 6.07) is 10.3. The van der Waals surface area contributed by atoms with Crippen molar-refractivity contribution in [2.75, 3.05) is 0 Å². The third-order valence-corrected chi connectivity index (χ3v) is 3.65. The van der Waals surface area contributed by atoms with Crippen LogP contribution in [-0.2, 0) is 4.74 Å². The van der Waals surface area contributed by atoms with Crippen LogP contribution >= 0.6 is 0 Å². The number of ether oxygens (including phenoxy) is 1.